The minimum Gasteiger partial charge on any atom is -0.494 e. The zero-order valence-electron chi connectivity index (χ0n) is 19.9. The number of hydrogen-bond donors (Lipinski definition) is 0. The molecule has 0 atom stereocenters. The van der Waals surface area contributed by atoms with Crippen molar-refractivity contribution < 1.29 is 14.3 Å². The summed E-state index contributed by atoms with van der Waals surface area (Å²) < 4.78 is 14.5. The Morgan fingerprint density at radius 3 is 2.53 bits per heavy atom. The summed E-state index contributed by atoms with van der Waals surface area (Å²) >= 11 is 1.49. The van der Waals surface area contributed by atoms with Crippen LogP contribution >= 0.6 is 11.3 Å². The van der Waals surface area contributed by atoms with E-state index in [4.69, 9.17) is 14.5 Å². The van der Waals surface area contributed by atoms with Gasteiger partial charge in [0.25, 0.3) is 5.91 Å². The van der Waals surface area contributed by atoms with Crippen LogP contribution in [0, 0.1) is 0 Å². The van der Waals surface area contributed by atoms with E-state index in [0.29, 0.717) is 29.6 Å². The van der Waals surface area contributed by atoms with Gasteiger partial charge in [0.1, 0.15) is 17.2 Å². The van der Waals surface area contributed by atoms with Crippen LogP contribution in [-0.2, 0) is 6.54 Å². The molecule has 0 aliphatic carbocycles. The van der Waals surface area contributed by atoms with Gasteiger partial charge in [-0.15, -0.1) is 0 Å². The van der Waals surface area contributed by atoms with Crippen molar-refractivity contribution >= 4 is 32.6 Å². The molecular weight excluding hydrogens is 472 g/mol. The zero-order chi connectivity index (χ0) is 24.7. The van der Waals surface area contributed by atoms with Crippen LogP contribution in [0.5, 0.6) is 17.2 Å². The molecule has 0 aliphatic rings. The molecule has 8 heteroatoms. The van der Waals surface area contributed by atoms with Crippen LogP contribution in [0.3, 0.4) is 0 Å². The van der Waals surface area contributed by atoms with Crippen molar-refractivity contribution in [3.05, 3.63) is 97.1 Å². The number of hydrogen-bond acceptors (Lipinski definition) is 6. The number of benzene rings is 3. The number of rotatable bonds is 10. The lowest BCUT2D eigenvalue weighted by Gasteiger charge is -2.20. The van der Waals surface area contributed by atoms with Gasteiger partial charge in [-0.05, 0) is 67.9 Å². The number of thiazole rings is 1. The highest BCUT2D eigenvalue weighted by molar-refractivity contribution is 7.22. The maximum absolute atomic E-state index is 13.7. The topological polar surface area (TPSA) is 69.5 Å². The Morgan fingerprint density at radius 1 is 1.00 bits per heavy atom. The van der Waals surface area contributed by atoms with E-state index in [-0.39, 0.29) is 5.91 Å². The third kappa shape index (κ3) is 5.55. The Morgan fingerprint density at radius 2 is 1.78 bits per heavy atom. The van der Waals surface area contributed by atoms with Gasteiger partial charge in [0, 0.05) is 31.0 Å². The summed E-state index contributed by atoms with van der Waals surface area (Å²) in [6.45, 7) is 3.84. The van der Waals surface area contributed by atoms with E-state index < -0.39 is 0 Å². The Kier molecular flexibility index (Phi) is 7.23. The number of aromatic nitrogens is 3. The van der Waals surface area contributed by atoms with E-state index >= 15 is 0 Å². The first-order valence-electron chi connectivity index (χ1n) is 11.8. The highest BCUT2D eigenvalue weighted by Crippen LogP contribution is 2.33. The van der Waals surface area contributed by atoms with Crippen LogP contribution < -0.4 is 14.4 Å². The average molecular weight is 499 g/mol. The largest absolute Gasteiger partial charge is 0.494 e. The smallest absolute Gasteiger partial charge is 0.260 e. The van der Waals surface area contributed by atoms with Crippen LogP contribution in [0.4, 0.5) is 5.13 Å². The van der Waals surface area contributed by atoms with E-state index in [1.54, 1.807) is 29.6 Å². The van der Waals surface area contributed by atoms with Gasteiger partial charge in [-0.2, -0.15) is 0 Å². The Balaban J connectivity index is 1.38. The molecule has 0 unspecified atom stereocenters. The van der Waals surface area contributed by atoms with Crippen LogP contribution in [-0.4, -0.2) is 33.6 Å². The van der Waals surface area contributed by atoms with Crippen molar-refractivity contribution in [2.24, 2.45) is 0 Å². The summed E-state index contributed by atoms with van der Waals surface area (Å²) in [5.41, 5.74) is 1.42. The van der Waals surface area contributed by atoms with Crippen LogP contribution in [0.1, 0.15) is 23.7 Å². The Hall–Kier alpha value is -4.17. The Bertz CT molecular complexity index is 1420. The number of nitrogens with zero attached hydrogens (tertiary/aromatic N) is 4. The first-order valence-corrected chi connectivity index (χ1v) is 12.7. The minimum atomic E-state index is -0.101. The molecule has 0 saturated heterocycles. The average Bonchev–Trinajstić information content (AvgIpc) is 3.57. The molecule has 7 nitrogen and oxygen atoms in total. The molecule has 2 aromatic heterocycles. The lowest BCUT2D eigenvalue weighted by molar-refractivity contribution is 0.0986. The second kappa shape index (κ2) is 11.0. The van der Waals surface area contributed by atoms with Gasteiger partial charge in [0.15, 0.2) is 5.13 Å². The van der Waals surface area contributed by atoms with Crippen molar-refractivity contribution in [2.75, 3.05) is 18.1 Å². The predicted molar refractivity (Wildman–Crippen MR) is 142 cm³/mol. The van der Waals surface area contributed by atoms with E-state index in [9.17, 15) is 4.79 Å². The quantitative estimate of drug-likeness (QED) is 0.222. The van der Waals surface area contributed by atoms with Gasteiger partial charge in [-0.1, -0.05) is 29.5 Å². The molecule has 5 rings (SSSR count). The minimum absolute atomic E-state index is 0.101. The van der Waals surface area contributed by atoms with E-state index in [0.717, 1.165) is 34.7 Å². The molecule has 0 N–H and O–H groups in total. The van der Waals surface area contributed by atoms with E-state index in [2.05, 4.69) is 4.98 Å². The number of carbonyl (C=O) groups excluding carboxylic acids is 1. The van der Waals surface area contributed by atoms with Crippen molar-refractivity contribution in [1.29, 1.82) is 0 Å². The molecule has 0 spiro atoms. The van der Waals surface area contributed by atoms with Gasteiger partial charge in [0.2, 0.25) is 0 Å². The van der Waals surface area contributed by atoms with Gasteiger partial charge in [-0.25, -0.2) is 9.97 Å². The fraction of sp³-hybridized carbons (Fsp3) is 0.179. The molecule has 0 aliphatic heterocycles. The molecule has 36 heavy (non-hydrogen) atoms. The number of imidazole rings is 1. The number of fused-ring (bicyclic) bond motifs is 1. The lowest BCUT2D eigenvalue weighted by Crippen LogP contribution is -2.32. The fourth-order valence-corrected chi connectivity index (χ4v) is 4.84. The maximum Gasteiger partial charge on any atom is 0.260 e. The molecule has 0 saturated carbocycles. The number of ether oxygens (including phenoxy) is 2. The number of para-hydroxylation sites is 1. The zero-order valence-corrected chi connectivity index (χ0v) is 20.7. The maximum atomic E-state index is 13.7. The van der Waals surface area contributed by atoms with Crippen molar-refractivity contribution in [2.45, 2.75) is 19.9 Å². The monoisotopic (exact) mass is 498 g/mol. The van der Waals surface area contributed by atoms with Crippen LogP contribution in [0.25, 0.3) is 10.2 Å². The lowest BCUT2D eigenvalue weighted by atomic mass is 10.2. The van der Waals surface area contributed by atoms with Crippen molar-refractivity contribution in [3.8, 4) is 17.2 Å². The van der Waals surface area contributed by atoms with Crippen molar-refractivity contribution in [1.82, 2.24) is 14.5 Å². The molecule has 5 aromatic rings. The molecule has 182 valence electrons. The first-order chi connectivity index (χ1) is 17.7. The fourth-order valence-electron chi connectivity index (χ4n) is 3.83. The van der Waals surface area contributed by atoms with Gasteiger partial charge in [0.05, 0.1) is 23.2 Å². The van der Waals surface area contributed by atoms with Crippen molar-refractivity contribution in [3.63, 3.8) is 0 Å². The molecular formula is C28H26N4O3S. The third-order valence-corrected chi connectivity index (χ3v) is 6.61. The van der Waals surface area contributed by atoms with Gasteiger partial charge in [-0.3, -0.25) is 9.69 Å². The van der Waals surface area contributed by atoms with E-state index in [1.807, 2.05) is 78.4 Å². The summed E-state index contributed by atoms with van der Waals surface area (Å²) in [5.74, 6) is 2.12. The molecule has 1 amide bonds. The molecule has 3 aromatic carbocycles. The summed E-state index contributed by atoms with van der Waals surface area (Å²) in [6.07, 6.45) is 6.22. The highest BCUT2D eigenvalue weighted by atomic mass is 32.1. The second-order valence-electron chi connectivity index (χ2n) is 8.11. The Labute approximate surface area is 213 Å². The SMILES string of the molecule is CCOc1ccc2nc(N(CCCn3ccnc3)C(=O)c3ccc(Oc4ccccc4)cc3)sc2c1. The molecule has 0 bridgehead atoms. The predicted octanol–water partition coefficient (Wildman–Crippen LogP) is 6.42. The number of carbonyl (C=O) groups is 1. The standard InChI is InChI=1S/C28H26N4O3S/c1-2-34-24-13-14-25-26(19-24)36-28(30-25)32(17-6-16-31-18-15-29-20-31)27(33)21-9-11-23(12-10-21)35-22-7-4-3-5-8-22/h3-5,7-15,18-20H,2,6,16-17H2,1H3. The summed E-state index contributed by atoms with van der Waals surface area (Å²) in [4.78, 5) is 24.3. The second-order valence-corrected chi connectivity index (χ2v) is 9.12. The summed E-state index contributed by atoms with van der Waals surface area (Å²) in [6, 6.07) is 22.6. The number of anilines is 1. The molecule has 0 fully saturated rings. The first kappa shape index (κ1) is 23.6. The van der Waals surface area contributed by atoms with Crippen LogP contribution in [0.15, 0.2) is 91.5 Å². The third-order valence-electron chi connectivity index (χ3n) is 5.57. The summed E-state index contributed by atoms with van der Waals surface area (Å²) in [5, 5.41) is 0.666. The molecule has 0 radical (unpaired) electrons. The van der Waals surface area contributed by atoms with Gasteiger partial charge >= 0.3 is 0 Å². The van der Waals surface area contributed by atoms with Crippen LogP contribution in [0.2, 0.25) is 0 Å². The highest BCUT2D eigenvalue weighted by Gasteiger charge is 2.21. The molecule has 2 heterocycles. The number of aryl methyl sites for hydroxylation is 1. The number of amides is 1. The van der Waals surface area contributed by atoms with E-state index in [1.165, 1.54) is 11.3 Å². The normalized spacial score (nSPS) is 10.9. The summed E-state index contributed by atoms with van der Waals surface area (Å²) in [7, 11) is 0. The van der Waals surface area contributed by atoms with Gasteiger partial charge < -0.3 is 14.0 Å².